The van der Waals surface area contributed by atoms with Crippen LogP contribution in [0.4, 0.5) is 4.39 Å². The Bertz CT molecular complexity index is 820. The number of benzene rings is 2. The fourth-order valence-corrected chi connectivity index (χ4v) is 3.35. The van der Waals surface area contributed by atoms with Gasteiger partial charge in [-0.25, -0.2) is 4.39 Å². The first kappa shape index (κ1) is 19.0. The number of ether oxygens (including phenoxy) is 1. The van der Waals surface area contributed by atoms with Gasteiger partial charge in [-0.1, -0.05) is 43.3 Å². The monoisotopic (exact) mass is 370 g/mol. The molecule has 1 heterocycles. The number of nitrogens with two attached hydrogens (primary N) is 1. The van der Waals surface area contributed by atoms with E-state index in [-0.39, 0.29) is 24.9 Å². The first-order chi connectivity index (χ1) is 12.9. The molecular formula is C21H23FN2O3. The topological polar surface area (TPSA) is 72.6 Å². The molecule has 0 bridgehead atoms. The van der Waals surface area contributed by atoms with Crippen LogP contribution in [0.1, 0.15) is 18.9 Å². The van der Waals surface area contributed by atoms with Gasteiger partial charge in [0.05, 0.1) is 13.2 Å². The zero-order chi connectivity index (χ0) is 19.4. The second-order valence-corrected chi connectivity index (χ2v) is 6.76. The molecule has 2 N–H and O–H groups in total. The van der Waals surface area contributed by atoms with Gasteiger partial charge in [-0.3, -0.25) is 9.59 Å². The quantitative estimate of drug-likeness (QED) is 0.879. The molecule has 2 amide bonds. The van der Waals surface area contributed by atoms with Gasteiger partial charge in [-0.2, -0.15) is 0 Å². The summed E-state index contributed by atoms with van der Waals surface area (Å²) in [5.74, 6) is -0.867. The third kappa shape index (κ3) is 4.17. The number of carbonyl (C=O) groups is 2. The lowest BCUT2D eigenvalue weighted by molar-refractivity contribution is -0.163. The summed E-state index contributed by atoms with van der Waals surface area (Å²) < 4.78 is 18.8. The zero-order valence-electron chi connectivity index (χ0n) is 15.3. The van der Waals surface area contributed by atoms with Crippen LogP contribution in [0.15, 0.2) is 48.5 Å². The van der Waals surface area contributed by atoms with Gasteiger partial charge in [0.2, 0.25) is 5.91 Å². The molecule has 1 aliphatic heterocycles. The Morgan fingerprint density at radius 1 is 1.11 bits per heavy atom. The summed E-state index contributed by atoms with van der Waals surface area (Å²) in [6.07, 6.45) is 0.667. The van der Waals surface area contributed by atoms with Crippen LogP contribution >= 0.6 is 0 Å². The average Bonchev–Trinajstić information content (AvgIpc) is 2.68. The number of carbonyl (C=O) groups excluding carboxylic acids is 2. The van der Waals surface area contributed by atoms with E-state index in [4.69, 9.17) is 10.5 Å². The normalized spacial score (nSPS) is 19.7. The van der Waals surface area contributed by atoms with Crippen molar-refractivity contribution < 1.29 is 18.7 Å². The van der Waals surface area contributed by atoms with E-state index in [1.807, 2.05) is 24.3 Å². The fraction of sp³-hybridized carbons (Fsp3) is 0.333. The highest BCUT2D eigenvalue weighted by Crippen LogP contribution is 2.26. The van der Waals surface area contributed by atoms with Gasteiger partial charge in [-0.15, -0.1) is 0 Å². The summed E-state index contributed by atoms with van der Waals surface area (Å²) in [4.78, 5) is 25.9. The molecule has 1 saturated heterocycles. The number of primary amides is 1. The van der Waals surface area contributed by atoms with Crippen molar-refractivity contribution in [3.63, 3.8) is 0 Å². The summed E-state index contributed by atoms with van der Waals surface area (Å²) in [5, 5.41) is 0. The van der Waals surface area contributed by atoms with Crippen molar-refractivity contribution >= 4 is 11.8 Å². The van der Waals surface area contributed by atoms with Gasteiger partial charge in [-0.05, 0) is 28.8 Å². The van der Waals surface area contributed by atoms with E-state index < -0.39 is 11.5 Å². The minimum Gasteiger partial charge on any atom is -0.367 e. The van der Waals surface area contributed by atoms with Crippen molar-refractivity contribution in [3.05, 3.63) is 59.9 Å². The lowest BCUT2D eigenvalue weighted by atomic mass is 9.90. The molecule has 0 saturated carbocycles. The van der Waals surface area contributed by atoms with E-state index in [9.17, 15) is 14.0 Å². The number of morpholine rings is 1. The maximum atomic E-state index is 13.1. The maximum absolute atomic E-state index is 13.1. The highest BCUT2D eigenvalue weighted by atomic mass is 19.1. The van der Waals surface area contributed by atoms with Gasteiger partial charge >= 0.3 is 0 Å². The summed E-state index contributed by atoms with van der Waals surface area (Å²) >= 11 is 0. The largest absolute Gasteiger partial charge is 0.367 e. The minimum atomic E-state index is -1.22. The van der Waals surface area contributed by atoms with Crippen LogP contribution < -0.4 is 5.73 Å². The maximum Gasteiger partial charge on any atom is 0.251 e. The van der Waals surface area contributed by atoms with Crippen LogP contribution in [0, 0.1) is 5.82 Å². The van der Waals surface area contributed by atoms with E-state index in [1.54, 1.807) is 24.0 Å². The Morgan fingerprint density at radius 2 is 1.70 bits per heavy atom. The molecule has 27 heavy (non-hydrogen) atoms. The number of amides is 2. The van der Waals surface area contributed by atoms with E-state index >= 15 is 0 Å². The summed E-state index contributed by atoms with van der Waals surface area (Å²) in [6.45, 7) is 2.69. The van der Waals surface area contributed by atoms with Gasteiger partial charge < -0.3 is 15.4 Å². The van der Waals surface area contributed by atoms with E-state index in [0.29, 0.717) is 19.4 Å². The van der Waals surface area contributed by atoms with Crippen LogP contribution in [0.3, 0.4) is 0 Å². The standard InChI is InChI=1S/C21H23FN2O3/c1-2-19(25)24-11-12-27-21(14-24,20(23)26)13-15-3-5-16(6-4-15)17-7-9-18(22)10-8-17/h3-10H,2,11-14H2,1H3,(H2,23,26). The van der Waals surface area contributed by atoms with Crippen LogP contribution in [-0.4, -0.2) is 42.0 Å². The second-order valence-electron chi connectivity index (χ2n) is 6.76. The fourth-order valence-electron chi connectivity index (χ4n) is 3.35. The minimum absolute atomic E-state index is 0.0180. The van der Waals surface area contributed by atoms with Crippen molar-refractivity contribution in [1.29, 1.82) is 0 Å². The molecule has 142 valence electrons. The third-order valence-corrected chi connectivity index (χ3v) is 4.91. The van der Waals surface area contributed by atoms with Gasteiger partial charge in [0.15, 0.2) is 5.60 Å². The predicted molar refractivity (Wildman–Crippen MR) is 100 cm³/mol. The van der Waals surface area contributed by atoms with Gasteiger partial charge in [0.25, 0.3) is 5.91 Å². The lowest BCUT2D eigenvalue weighted by Gasteiger charge is -2.40. The smallest absolute Gasteiger partial charge is 0.251 e. The van der Waals surface area contributed by atoms with Crippen molar-refractivity contribution in [2.75, 3.05) is 19.7 Å². The molecule has 1 atom stereocenters. The number of hydrogen-bond acceptors (Lipinski definition) is 3. The summed E-state index contributed by atoms with van der Waals surface area (Å²) in [6, 6.07) is 13.9. The van der Waals surface area contributed by atoms with Crippen molar-refractivity contribution in [3.8, 4) is 11.1 Å². The average molecular weight is 370 g/mol. The Hall–Kier alpha value is -2.73. The first-order valence-electron chi connectivity index (χ1n) is 9.00. The molecule has 2 aromatic carbocycles. The second kappa shape index (κ2) is 7.88. The third-order valence-electron chi connectivity index (χ3n) is 4.91. The van der Waals surface area contributed by atoms with Gasteiger partial charge in [0, 0.05) is 19.4 Å². The van der Waals surface area contributed by atoms with Crippen LogP contribution in [-0.2, 0) is 20.7 Å². The van der Waals surface area contributed by atoms with Crippen LogP contribution in [0.25, 0.3) is 11.1 Å². The Morgan fingerprint density at radius 3 is 2.26 bits per heavy atom. The van der Waals surface area contributed by atoms with E-state index in [1.165, 1.54) is 12.1 Å². The van der Waals surface area contributed by atoms with Crippen molar-refractivity contribution in [1.82, 2.24) is 4.90 Å². The predicted octanol–water partition coefficient (Wildman–Crippen LogP) is 2.53. The summed E-state index contributed by atoms with van der Waals surface area (Å²) in [7, 11) is 0. The van der Waals surface area contributed by atoms with Crippen LogP contribution in [0.2, 0.25) is 0 Å². The lowest BCUT2D eigenvalue weighted by Crippen LogP contribution is -2.61. The molecule has 2 aromatic rings. The number of nitrogens with zero attached hydrogens (tertiary/aromatic N) is 1. The van der Waals surface area contributed by atoms with Crippen LogP contribution in [0.5, 0.6) is 0 Å². The molecule has 0 aliphatic carbocycles. The van der Waals surface area contributed by atoms with Crippen molar-refractivity contribution in [2.24, 2.45) is 5.73 Å². The SMILES string of the molecule is CCC(=O)N1CCOC(Cc2ccc(-c3ccc(F)cc3)cc2)(C(N)=O)C1. The molecule has 0 spiro atoms. The first-order valence-corrected chi connectivity index (χ1v) is 9.00. The Kier molecular flexibility index (Phi) is 5.56. The van der Waals surface area contributed by atoms with E-state index in [2.05, 4.69) is 0 Å². The molecule has 3 rings (SSSR count). The number of hydrogen-bond donors (Lipinski definition) is 1. The molecule has 1 aliphatic rings. The highest BCUT2D eigenvalue weighted by molar-refractivity contribution is 5.86. The Balaban J connectivity index is 1.79. The number of rotatable bonds is 5. The zero-order valence-corrected chi connectivity index (χ0v) is 15.3. The molecular weight excluding hydrogens is 347 g/mol. The van der Waals surface area contributed by atoms with E-state index in [0.717, 1.165) is 16.7 Å². The molecule has 0 radical (unpaired) electrons. The van der Waals surface area contributed by atoms with Gasteiger partial charge in [0.1, 0.15) is 5.82 Å². The molecule has 0 aromatic heterocycles. The summed E-state index contributed by atoms with van der Waals surface area (Å²) in [5.41, 5.74) is 7.16. The van der Waals surface area contributed by atoms with Crippen molar-refractivity contribution in [2.45, 2.75) is 25.4 Å². The molecule has 6 heteroatoms. The highest BCUT2D eigenvalue weighted by Gasteiger charge is 2.43. The molecule has 1 fully saturated rings. The molecule has 1 unspecified atom stereocenters. The number of halogens is 1. The Labute approximate surface area is 157 Å². The molecule has 5 nitrogen and oxygen atoms in total.